The lowest BCUT2D eigenvalue weighted by Gasteiger charge is -2.15. The summed E-state index contributed by atoms with van der Waals surface area (Å²) in [6.07, 6.45) is 0. The van der Waals surface area contributed by atoms with Crippen molar-refractivity contribution in [3.05, 3.63) is 66.5 Å². The van der Waals surface area contributed by atoms with Crippen LogP contribution in [0.3, 0.4) is 0 Å². The molecule has 0 radical (unpaired) electrons. The van der Waals surface area contributed by atoms with Crippen molar-refractivity contribution >= 4 is 17.4 Å². The van der Waals surface area contributed by atoms with E-state index < -0.39 is 11.8 Å². The summed E-state index contributed by atoms with van der Waals surface area (Å²) in [6.45, 7) is 0. The van der Waals surface area contributed by atoms with E-state index in [4.69, 9.17) is 18.6 Å². The second-order valence-corrected chi connectivity index (χ2v) is 6.97. The van der Waals surface area contributed by atoms with Crippen molar-refractivity contribution in [2.45, 2.75) is 0 Å². The summed E-state index contributed by atoms with van der Waals surface area (Å²) in [4.78, 5) is 12.6. The monoisotopic (exact) mass is 464 g/mol. The number of methoxy groups -OCH3 is 3. The highest BCUT2D eigenvalue weighted by Gasteiger charge is 2.17. The number of amides is 2. The minimum Gasteiger partial charge on any atom is -0.493 e. The van der Waals surface area contributed by atoms with Crippen LogP contribution < -0.4 is 24.8 Å². The van der Waals surface area contributed by atoms with E-state index in [2.05, 4.69) is 20.8 Å². The minimum atomic E-state index is -0.571. The van der Waals surface area contributed by atoms with Gasteiger partial charge in [-0.1, -0.05) is 18.2 Å². The maximum Gasteiger partial charge on any atom is 0.323 e. The van der Waals surface area contributed by atoms with Gasteiger partial charge >= 0.3 is 6.03 Å². The van der Waals surface area contributed by atoms with Crippen molar-refractivity contribution in [2.75, 3.05) is 32.0 Å². The molecule has 0 aliphatic heterocycles. The van der Waals surface area contributed by atoms with Gasteiger partial charge in [-0.15, -0.1) is 10.2 Å². The molecule has 0 bridgehead atoms. The quantitative estimate of drug-likeness (QED) is 0.386. The van der Waals surface area contributed by atoms with Crippen LogP contribution in [-0.2, 0) is 0 Å². The Kier molecular flexibility index (Phi) is 6.58. The summed E-state index contributed by atoms with van der Waals surface area (Å²) in [6, 6.07) is 15.8. The lowest BCUT2D eigenvalue weighted by Crippen LogP contribution is -2.19. The second-order valence-electron chi connectivity index (χ2n) is 6.97. The first-order valence-corrected chi connectivity index (χ1v) is 10.1. The summed E-state index contributed by atoms with van der Waals surface area (Å²) in [7, 11) is 4.43. The third-order valence-electron chi connectivity index (χ3n) is 4.82. The van der Waals surface area contributed by atoms with E-state index >= 15 is 0 Å². The van der Waals surface area contributed by atoms with Crippen LogP contribution in [0.25, 0.3) is 22.9 Å². The predicted molar refractivity (Wildman–Crippen MR) is 124 cm³/mol. The number of aromatic nitrogens is 2. The van der Waals surface area contributed by atoms with Gasteiger partial charge in [0.05, 0.1) is 32.6 Å². The molecular weight excluding hydrogens is 443 g/mol. The molecule has 0 aliphatic carbocycles. The van der Waals surface area contributed by atoms with Crippen LogP contribution in [0.5, 0.6) is 17.2 Å². The molecule has 0 spiro atoms. The Morgan fingerprint density at radius 3 is 2.12 bits per heavy atom. The number of ether oxygens (including phenoxy) is 3. The van der Waals surface area contributed by atoms with Gasteiger partial charge in [0.25, 0.3) is 5.89 Å². The Bertz CT molecular complexity index is 1280. The fourth-order valence-electron chi connectivity index (χ4n) is 3.24. The first kappa shape index (κ1) is 22.6. The van der Waals surface area contributed by atoms with Crippen molar-refractivity contribution in [1.82, 2.24) is 10.2 Å². The zero-order chi connectivity index (χ0) is 24.1. The van der Waals surface area contributed by atoms with E-state index in [0.717, 1.165) is 0 Å². The summed E-state index contributed by atoms with van der Waals surface area (Å²) in [5.41, 5.74) is 1.49. The highest BCUT2D eigenvalue weighted by Crippen LogP contribution is 2.40. The number of hydrogen-bond donors (Lipinski definition) is 2. The molecule has 0 saturated carbocycles. The van der Waals surface area contributed by atoms with Gasteiger partial charge < -0.3 is 29.3 Å². The molecule has 2 N–H and O–H groups in total. The molecule has 2 amide bonds. The Hall–Kier alpha value is -4.60. The maximum atomic E-state index is 14.5. The molecule has 1 aromatic heterocycles. The SMILES string of the molecule is COc1cc(NC(=O)Nc2ccc(F)c(-c3nnc(-c4ccccc4)o3)c2)cc(OC)c1OC. The van der Waals surface area contributed by atoms with E-state index in [1.807, 2.05) is 18.2 Å². The summed E-state index contributed by atoms with van der Waals surface area (Å²) < 4.78 is 36.0. The third-order valence-corrected chi connectivity index (χ3v) is 4.82. The zero-order valence-electron chi connectivity index (χ0n) is 18.6. The van der Waals surface area contributed by atoms with Gasteiger partial charge in [-0.2, -0.15) is 0 Å². The highest BCUT2D eigenvalue weighted by molar-refractivity contribution is 6.00. The van der Waals surface area contributed by atoms with Crippen LogP contribution in [0.1, 0.15) is 0 Å². The van der Waals surface area contributed by atoms with Crippen LogP contribution in [0, 0.1) is 5.82 Å². The van der Waals surface area contributed by atoms with Gasteiger partial charge in [0, 0.05) is 23.4 Å². The van der Waals surface area contributed by atoms with E-state index in [9.17, 15) is 9.18 Å². The standard InChI is InChI=1S/C24H21FN4O5/c1-31-19-12-16(13-20(32-2)21(19)33-3)27-24(30)26-15-9-10-18(25)17(11-15)23-29-28-22(34-23)14-7-5-4-6-8-14/h4-13H,1-3H3,(H2,26,27,30). The molecule has 10 heteroatoms. The van der Waals surface area contributed by atoms with Crippen molar-refractivity contribution in [1.29, 1.82) is 0 Å². The lowest BCUT2D eigenvalue weighted by molar-refractivity contribution is 0.262. The van der Waals surface area contributed by atoms with Crippen LogP contribution in [0.2, 0.25) is 0 Å². The molecule has 0 saturated heterocycles. The van der Waals surface area contributed by atoms with Gasteiger partial charge in [0.15, 0.2) is 11.5 Å². The number of hydrogen-bond acceptors (Lipinski definition) is 7. The van der Waals surface area contributed by atoms with E-state index in [1.54, 1.807) is 24.3 Å². The minimum absolute atomic E-state index is 0.00922. The highest BCUT2D eigenvalue weighted by atomic mass is 19.1. The Morgan fingerprint density at radius 2 is 1.47 bits per heavy atom. The topological polar surface area (TPSA) is 108 Å². The Balaban J connectivity index is 1.53. The molecule has 4 aromatic rings. The summed E-state index contributed by atoms with van der Waals surface area (Å²) in [5, 5.41) is 13.3. The van der Waals surface area contributed by atoms with Crippen molar-refractivity contribution in [2.24, 2.45) is 0 Å². The largest absolute Gasteiger partial charge is 0.493 e. The second kappa shape index (κ2) is 9.90. The van der Waals surface area contributed by atoms with E-state index in [0.29, 0.717) is 34.2 Å². The molecular formula is C24H21FN4O5. The number of urea groups is 1. The first-order valence-electron chi connectivity index (χ1n) is 10.1. The van der Waals surface area contributed by atoms with Gasteiger partial charge in [0.1, 0.15) is 5.82 Å². The zero-order valence-corrected chi connectivity index (χ0v) is 18.6. The summed E-state index contributed by atoms with van der Waals surface area (Å²) in [5.74, 6) is 0.838. The van der Waals surface area contributed by atoms with Gasteiger partial charge in [-0.25, -0.2) is 9.18 Å². The van der Waals surface area contributed by atoms with Gasteiger partial charge in [-0.05, 0) is 30.3 Å². The maximum absolute atomic E-state index is 14.5. The number of halogens is 1. The number of nitrogens with one attached hydrogen (secondary N) is 2. The molecule has 0 aliphatic rings. The first-order chi connectivity index (χ1) is 16.5. The molecule has 1 heterocycles. The lowest BCUT2D eigenvalue weighted by atomic mass is 10.2. The van der Waals surface area contributed by atoms with Crippen molar-refractivity contribution in [3.63, 3.8) is 0 Å². The van der Waals surface area contributed by atoms with Crippen molar-refractivity contribution in [3.8, 4) is 40.2 Å². The summed E-state index contributed by atoms with van der Waals surface area (Å²) >= 11 is 0. The van der Waals surface area contributed by atoms with E-state index in [1.165, 1.54) is 39.5 Å². The number of benzene rings is 3. The Labute approximate surface area is 194 Å². The third kappa shape index (κ3) is 4.75. The van der Waals surface area contributed by atoms with Crippen LogP contribution in [0.15, 0.2) is 65.1 Å². The van der Waals surface area contributed by atoms with Crippen LogP contribution in [-0.4, -0.2) is 37.6 Å². The molecule has 9 nitrogen and oxygen atoms in total. The number of carbonyl (C=O) groups excluding carboxylic acids is 1. The predicted octanol–water partition coefficient (Wildman–Crippen LogP) is 5.21. The molecule has 0 fully saturated rings. The number of carbonyl (C=O) groups is 1. The average molecular weight is 464 g/mol. The molecule has 0 unspecified atom stereocenters. The number of anilines is 2. The fraction of sp³-hybridized carbons (Fsp3) is 0.125. The van der Waals surface area contributed by atoms with Crippen LogP contribution >= 0.6 is 0 Å². The number of rotatable bonds is 7. The molecule has 0 atom stereocenters. The smallest absolute Gasteiger partial charge is 0.323 e. The van der Waals surface area contributed by atoms with Gasteiger partial charge in [0.2, 0.25) is 11.6 Å². The Morgan fingerprint density at radius 1 is 0.824 bits per heavy atom. The fourth-order valence-corrected chi connectivity index (χ4v) is 3.24. The molecule has 4 rings (SSSR count). The van der Waals surface area contributed by atoms with Gasteiger partial charge in [-0.3, -0.25) is 0 Å². The average Bonchev–Trinajstić information content (AvgIpc) is 3.35. The molecule has 174 valence electrons. The molecule has 3 aromatic carbocycles. The normalized spacial score (nSPS) is 10.5. The van der Waals surface area contributed by atoms with Crippen LogP contribution in [0.4, 0.5) is 20.6 Å². The molecule has 34 heavy (non-hydrogen) atoms. The van der Waals surface area contributed by atoms with E-state index in [-0.39, 0.29) is 17.3 Å². The van der Waals surface area contributed by atoms with Crippen molar-refractivity contribution < 1.29 is 27.8 Å². The number of nitrogens with zero attached hydrogens (tertiary/aromatic N) is 2.